The summed E-state index contributed by atoms with van der Waals surface area (Å²) in [5.41, 5.74) is 1.12. The number of fused-ring (bicyclic) bond motifs is 1. The molecular weight excluding hydrogens is 284 g/mol. The molecule has 0 aliphatic carbocycles. The van der Waals surface area contributed by atoms with E-state index in [1.165, 1.54) is 27.3 Å². The van der Waals surface area contributed by atoms with Crippen LogP contribution in [0.3, 0.4) is 0 Å². The number of rotatable bonds is 1. The Balaban J connectivity index is 2.04. The maximum atomic E-state index is 4.77. The predicted octanol–water partition coefficient (Wildman–Crippen LogP) is 4.27. The summed E-state index contributed by atoms with van der Waals surface area (Å²) in [5.74, 6) is 1.86. The maximum Gasteiger partial charge on any atom is 0.112 e. The Kier molecular flexibility index (Phi) is 2.64. The molecule has 0 saturated heterocycles. The zero-order valence-corrected chi connectivity index (χ0v) is 11.5. The van der Waals surface area contributed by atoms with E-state index in [0.717, 1.165) is 12.2 Å². The summed E-state index contributed by atoms with van der Waals surface area (Å²) in [6.45, 7) is 3.39. The summed E-state index contributed by atoms with van der Waals surface area (Å²) < 4.78 is 3.48. The molecule has 16 heavy (non-hydrogen) atoms. The van der Waals surface area contributed by atoms with Crippen LogP contribution in [0.5, 0.6) is 0 Å². The van der Waals surface area contributed by atoms with Gasteiger partial charge in [-0.1, -0.05) is 6.92 Å². The first-order valence-electron chi connectivity index (χ1n) is 5.57. The number of nitrogens with zero attached hydrogens (tertiary/aromatic N) is 2. The first kappa shape index (κ1) is 10.5. The topological polar surface area (TPSA) is 17.8 Å². The molecule has 1 unspecified atom stereocenters. The SMILES string of the molecule is CC1CCCn2cc(-c3ccc(Br)s3)nc21. The highest BCUT2D eigenvalue weighted by molar-refractivity contribution is 9.11. The van der Waals surface area contributed by atoms with Gasteiger partial charge >= 0.3 is 0 Å². The Labute approximate surface area is 107 Å². The van der Waals surface area contributed by atoms with Crippen molar-refractivity contribution >= 4 is 27.3 Å². The average Bonchev–Trinajstić information content (AvgIpc) is 2.84. The zero-order valence-electron chi connectivity index (χ0n) is 9.11. The van der Waals surface area contributed by atoms with Crippen molar-refractivity contribution in [1.29, 1.82) is 0 Å². The van der Waals surface area contributed by atoms with E-state index in [4.69, 9.17) is 4.98 Å². The van der Waals surface area contributed by atoms with E-state index in [9.17, 15) is 0 Å². The van der Waals surface area contributed by atoms with Gasteiger partial charge < -0.3 is 4.57 Å². The standard InChI is InChI=1S/C12H13BrN2S/c1-8-3-2-6-15-7-9(14-12(8)15)10-4-5-11(13)16-10/h4-5,7-8H,2-3,6H2,1H3. The molecule has 2 aromatic rings. The second-order valence-corrected chi connectivity index (χ2v) is 6.79. The van der Waals surface area contributed by atoms with Crippen LogP contribution in [0.25, 0.3) is 10.6 Å². The lowest BCUT2D eigenvalue weighted by Crippen LogP contribution is -2.12. The predicted molar refractivity (Wildman–Crippen MR) is 70.9 cm³/mol. The summed E-state index contributed by atoms with van der Waals surface area (Å²) in [6.07, 6.45) is 4.74. The van der Waals surface area contributed by atoms with Gasteiger partial charge in [0.05, 0.1) is 14.4 Å². The van der Waals surface area contributed by atoms with Crippen molar-refractivity contribution in [3.05, 3.63) is 27.9 Å². The molecule has 0 N–H and O–H groups in total. The van der Waals surface area contributed by atoms with Crippen LogP contribution < -0.4 is 0 Å². The Hall–Kier alpha value is -0.610. The first-order valence-corrected chi connectivity index (χ1v) is 7.18. The fraction of sp³-hybridized carbons (Fsp3) is 0.417. The minimum Gasteiger partial charge on any atom is -0.334 e. The number of hydrogen-bond donors (Lipinski definition) is 0. The Morgan fingerprint density at radius 2 is 2.38 bits per heavy atom. The molecule has 1 aliphatic heterocycles. The Morgan fingerprint density at radius 3 is 3.06 bits per heavy atom. The molecular formula is C12H13BrN2S. The van der Waals surface area contributed by atoms with Gasteiger partial charge in [-0.15, -0.1) is 11.3 Å². The number of aryl methyl sites for hydroxylation is 1. The monoisotopic (exact) mass is 296 g/mol. The van der Waals surface area contributed by atoms with Gasteiger partial charge in [-0.25, -0.2) is 4.98 Å². The van der Waals surface area contributed by atoms with Crippen molar-refractivity contribution in [2.24, 2.45) is 0 Å². The first-order chi connectivity index (χ1) is 7.74. The van der Waals surface area contributed by atoms with Crippen molar-refractivity contribution in [2.45, 2.75) is 32.2 Å². The summed E-state index contributed by atoms with van der Waals surface area (Å²) in [5, 5.41) is 0. The van der Waals surface area contributed by atoms with E-state index in [1.807, 2.05) is 0 Å². The van der Waals surface area contributed by atoms with Crippen LogP contribution in [0, 0.1) is 0 Å². The second kappa shape index (κ2) is 4.00. The van der Waals surface area contributed by atoms with Gasteiger partial charge in [0, 0.05) is 18.7 Å². The number of hydrogen-bond acceptors (Lipinski definition) is 2. The third kappa shape index (κ3) is 1.74. The van der Waals surface area contributed by atoms with Gasteiger partial charge in [-0.3, -0.25) is 0 Å². The van der Waals surface area contributed by atoms with Crippen molar-refractivity contribution in [1.82, 2.24) is 9.55 Å². The molecule has 0 radical (unpaired) electrons. The van der Waals surface area contributed by atoms with Crippen LogP contribution in [0.1, 0.15) is 31.5 Å². The van der Waals surface area contributed by atoms with Crippen molar-refractivity contribution in [2.75, 3.05) is 0 Å². The van der Waals surface area contributed by atoms with Crippen molar-refractivity contribution < 1.29 is 0 Å². The summed E-state index contributed by atoms with van der Waals surface area (Å²) >= 11 is 5.24. The second-order valence-electron chi connectivity index (χ2n) is 4.32. The molecule has 1 aliphatic rings. The van der Waals surface area contributed by atoms with Crippen LogP contribution >= 0.6 is 27.3 Å². The van der Waals surface area contributed by atoms with E-state index >= 15 is 0 Å². The Bertz CT molecular complexity index is 515. The smallest absolute Gasteiger partial charge is 0.112 e. The molecule has 0 spiro atoms. The molecule has 0 amide bonds. The van der Waals surface area contributed by atoms with Gasteiger partial charge in [-0.2, -0.15) is 0 Å². The number of imidazole rings is 1. The van der Waals surface area contributed by atoms with Crippen LogP contribution in [-0.4, -0.2) is 9.55 Å². The molecule has 84 valence electrons. The van der Waals surface area contributed by atoms with E-state index in [-0.39, 0.29) is 0 Å². The molecule has 3 rings (SSSR count). The molecule has 1 atom stereocenters. The lowest BCUT2D eigenvalue weighted by molar-refractivity contribution is 0.463. The molecule has 0 fully saturated rings. The molecule has 0 saturated carbocycles. The van der Waals surface area contributed by atoms with Gasteiger partial charge in [-0.05, 0) is 40.9 Å². The highest BCUT2D eigenvalue weighted by Gasteiger charge is 2.19. The van der Waals surface area contributed by atoms with Gasteiger partial charge in [0.15, 0.2) is 0 Å². The van der Waals surface area contributed by atoms with Crippen molar-refractivity contribution in [3.63, 3.8) is 0 Å². The highest BCUT2D eigenvalue weighted by Crippen LogP contribution is 2.33. The highest BCUT2D eigenvalue weighted by atomic mass is 79.9. The molecule has 3 heterocycles. The normalized spacial score (nSPS) is 19.8. The van der Waals surface area contributed by atoms with Gasteiger partial charge in [0.1, 0.15) is 5.82 Å². The molecule has 4 heteroatoms. The summed E-state index contributed by atoms with van der Waals surface area (Å²) in [6, 6.07) is 4.22. The molecule has 0 aromatic carbocycles. The van der Waals surface area contributed by atoms with Gasteiger partial charge in [0.25, 0.3) is 0 Å². The quantitative estimate of drug-likeness (QED) is 0.768. The molecule has 2 aromatic heterocycles. The maximum absolute atomic E-state index is 4.77. The number of aromatic nitrogens is 2. The minimum absolute atomic E-state index is 0.603. The lowest BCUT2D eigenvalue weighted by Gasteiger charge is -2.19. The number of halogens is 1. The lowest BCUT2D eigenvalue weighted by atomic mass is 10.0. The average molecular weight is 297 g/mol. The van der Waals surface area contributed by atoms with E-state index < -0.39 is 0 Å². The van der Waals surface area contributed by atoms with Crippen LogP contribution in [0.15, 0.2) is 22.1 Å². The van der Waals surface area contributed by atoms with Crippen LogP contribution in [0.2, 0.25) is 0 Å². The summed E-state index contributed by atoms with van der Waals surface area (Å²) in [4.78, 5) is 6.02. The van der Waals surface area contributed by atoms with Gasteiger partial charge in [0.2, 0.25) is 0 Å². The Morgan fingerprint density at radius 1 is 1.50 bits per heavy atom. The van der Waals surface area contributed by atoms with Crippen LogP contribution in [-0.2, 0) is 6.54 Å². The fourth-order valence-electron chi connectivity index (χ4n) is 2.27. The van der Waals surface area contributed by atoms with E-state index in [1.54, 1.807) is 11.3 Å². The largest absolute Gasteiger partial charge is 0.334 e. The fourth-order valence-corrected chi connectivity index (χ4v) is 3.61. The van der Waals surface area contributed by atoms with E-state index in [2.05, 4.69) is 45.8 Å². The van der Waals surface area contributed by atoms with Crippen LogP contribution in [0.4, 0.5) is 0 Å². The minimum atomic E-state index is 0.603. The molecule has 0 bridgehead atoms. The summed E-state index contributed by atoms with van der Waals surface area (Å²) in [7, 11) is 0. The van der Waals surface area contributed by atoms with Crippen molar-refractivity contribution in [3.8, 4) is 10.6 Å². The zero-order chi connectivity index (χ0) is 11.1. The molecule has 2 nitrogen and oxygen atoms in total. The number of thiophene rings is 1. The third-order valence-electron chi connectivity index (χ3n) is 3.11. The third-order valence-corrected chi connectivity index (χ3v) is 4.76. The van der Waals surface area contributed by atoms with E-state index in [0.29, 0.717) is 5.92 Å².